The molecule has 2 N–H and O–H groups in total. The topological polar surface area (TPSA) is 38.9 Å². The van der Waals surface area contributed by atoms with E-state index in [0.717, 1.165) is 12.8 Å². The summed E-state index contributed by atoms with van der Waals surface area (Å²) < 4.78 is 4.04. The van der Waals surface area contributed by atoms with Gasteiger partial charge in [-0.05, 0) is 42.8 Å². The van der Waals surface area contributed by atoms with E-state index in [1.807, 2.05) is 6.20 Å². The predicted molar refractivity (Wildman–Crippen MR) is 46.6 cm³/mol. The molecule has 2 nitrogen and oxygen atoms in total. The van der Waals surface area contributed by atoms with E-state index in [1.54, 1.807) is 0 Å². The van der Waals surface area contributed by atoms with Crippen molar-refractivity contribution in [3.63, 3.8) is 0 Å². The largest absolute Gasteiger partial charge is 0.325 e. The fourth-order valence-electron chi connectivity index (χ4n) is 1.15. The minimum absolute atomic E-state index is 0.196. The zero-order chi connectivity index (χ0) is 7.73. The Hall–Kier alpha value is -0.410. The molecule has 0 unspecified atom stereocenters. The molecule has 60 valence electrons. The van der Waals surface area contributed by atoms with E-state index in [9.17, 15) is 0 Å². The van der Waals surface area contributed by atoms with E-state index < -0.39 is 0 Å². The number of nitrogens with zero attached hydrogens (tertiary/aromatic N) is 1. The van der Waals surface area contributed by atoms with Crippen LogP contribution in [0, 0.1) is 0 Å². The zero-order valence-electron chi connectivity index (χ0n) is 6.42. The highest BCUT2D eigenvalue weighted by Crippen LogP contribution is 2.36. The van der Waals surface area contributed by atoms with Crippen LogP contribution in [-0.2, 0) is 6.42 Å². The molecule has 1 aliphatic rings. The molecule has 0 saturated heterocycles. The van der Waals surface area contributed by atoms with Crippen LogP contribution in [-0.4, -0.2) is 9.91 Å². The Morgan fingerprint density at radius 1 is 1.64 bits per heavy atom. The lowest BCUT2D eigenvalue weighted by atomic mass is 10.1. The third-order valence-electron chi connectivity index (χ3n) is 2.29. The molecular weight excluding hydrogens is 156 g/mol. The van der Waals surface area contributed by atoms with Gasteiger partial charge in [-0.2, -0.15) is 0 Å². The molecule has 1 fully saturated rings. The van der Waals surface area contributed by atoms with Crippen LogP contribution in [0.5, 0.6) is 0 Å². The van der Waals surface area contributed by atoms with Gasteiger partial charge < -0.3 is 5.73 Å². The van der Waals surface area contributed by atoms with Crippen molar-refractivity contribution in [1.29, 1.82) is 0 Å². The molecular formula is C8H12N2S. The van der Waals surface area contributed by atoms with Crippen molar-refractivity contribution < 1.29 is 0 Å². The SMILES string of the molecule is NC1(CCc2cnsc2)CC1. The van der Waals surface area contributed by atoms with Crippen LogP contribution < -0.4 is 5.73 Å². The summed E-state index contributed by atoms with van der Waals surface area (Å²) in [7, 11) is 0. The standard InChI is InChI=1S/C8H12N2S/c9-8(3-4-8)2-1-7-5-10-11-6-7/h5-6H,1-4,9H2. The minimum atomic E-state index is 0.196. The summed E-state index contributed by atoms with van der Waals surface area (Å²) in [5, 5.41) is 2.10. The molecule has 3 heteroatoms. The smallest absolute Gasteiger partial charge is 0.0438 e. The summed E-state index contributed by atoms with van der Waals surface area (Å²) in [4.78, 5) is 0. The van der Waals surface area contributed by atoms with Crippen LogP contribution in [0.4, 0.5) is 0 Å². The number of nitrogens with two attached hydrogens (primary N) is 1. The second kappa shape index (κ2) is 2.57. The van der Waals surface area contributed by atoms with Gasteiger partial charge in [0.15, 0.2) is 0 Å². The Morgan fingerprint density at radius 3 is 3.00 bits per heavy atom. The van der Waals surface area contributed by atoms with E-state index in [-0.39, 0.29) is 5.54 Å². The van der Waals surface area contributed by atoms with Gasteiger partial charge in [0.05, 0.1) is 0 Å². The van der Waals surface area contributed by atoms with Gasteiger partial charge in [-0.3, -0.25) is 0 Å². The number of hydrogen-bond donors (Lipinski definition) is 1. The number of aryl methyl sites for hydroxylation is 1. The van der Waals surface area contributed by atoms with Gasteiger partial charge in [-0.15, -0.1) is 0 Å². The van der Waals surface area contributed by atoms with E-state index in [1.165, 1.54) is 29.9 Å². The van der Waals surface area contributed by atoms with Gasteiger partial charge in [0.25, 0.3) is 0 Å². The quantitative estimate of drug-likeness (QED) is 0.744. The molecule has 1 aliphatic carbocycles. The lowest BCUT2D eigenvalue weighted by Crippen LogP contribution is -2.21. The molecule has 0 spiro atoms. The number of rotatable bonds is 3. The van der Waals surface area contributed by atoms with Crippen molar-refractivity contribution in [2.75, 3.05) is 0 Å². The van der Waals surface area contributed by atoms with Crippen molar-refractivity contribution >= 4 is 11.5 Å². The minimum Gasteiger partial charge on any atom is -0.325 e. The monoisotopic (exact) mass is 168 g/mol. The van der Waals surface area contributed by atoms with Gasteiger partial charge in [0.2, 0.25) is 0 Å². The van der Waals surface area contributed by atoms with E-state index in [2.05, 4.69) is 9.75 Å². The van der Waals surface area contributed by atoms with Crippen molar-refractivity contribution in [1.82, 2.24) is 4.37 Å². The highest BCUT2D eigenvalue weighted by atomic mass is 32.1. The third kappa shape index (κ3) is 1.79. The molecule has 1 aromatic rings. The van der Waals surface area contributed by atoms with Crippen LogP contribution in [0.3, 0.4) is 0 Å². The molecule has 1 aromatic heterocycles. The van der Waals surface area contributed by atoms with Crippen LogP contribution >= 0.6 is 11.5 Å². The van der Waals surface area contributed by atoms with Crippen molar-refractivity contribution in [2.24, 2.45) is 5.73 Å². The van der Waals surface area contributed by atoms with E-state index >= 15 is 0 Å². The fourth-order valence-corrected chi connectivity index (χ4v) is 1.73. The van der Waals surface area contributed by atoms with Gasteiger partial charge in [-0.25, -0.2) is 4.37 Å². The van der Waals surface area contributed by atoms with Gasteiger partial charge in [0, 0.05) is 17.1 Å². The van der Waals surface area contributed by atoms with Crippen LogP contribution in [0.15, 0.2) is 11.6 Å². The Balaban J connectivity index is 1.83. The molecule has 1 saturated carbocycles. The predicted octanol–water partition coefficient (Wildman–Crippen LogP) is 1.57. The summed E-state index contributed by atoms with van der Waals surface area (Å²) in [6.45, 7) is 0. The van der Waals surface area contributed by atoms with Gasteiger partial charge >= 0.3 is 0 Å². The first-order chi connectivity index (χ1) is 5.29. The molecule has 0 amide bonds. The summed E-state index contributed by atoms with van der Waals surface area (Å²) in [6, 6.07) is 0. The summed E-state index contributed by atoms with van der Waals surface area (Å²) in [6.07, 6.45) is 6.60. The number of hydrogen-bond acceptors (Lipinski definition) is 3. The molecule has 0 bridgehead atoms. The highest BCUT2D eigenvalue weighted by Gasteiger charge is 2.37. The molecule has 0 aromatic carbocycles. The normalized spacial score (nSPS) is 20.1. The number of aromatic nitrogens is 1. The fraction of sp³-hybridized carbons (Fsp3) is 0.625. The zero-order valence-corrected chi connectivity index (χ0v) is 7.23. The van der Waals surface area contributed by atoms with Gasteiger partial charge in [0.1, 0.15) is 0 Å². The first-order valence-corrected chi connectivity index (χ1v) is 4.79. The first-order valence-electron chi connectivity index (χ1n) is 3.96. The first kappa shape index (κ1) is 7.25. The lowest BCUT2D eigenvalue weighted by molar-refractivity contribution is 0.609. The van der Waals surface area contributed by atoms with E-state index in [4.69, 9.17) is 5.73 Å². The Morgan fingerprint density at radius 2 is 2.45 bits per heavy atom. The Bertz CT molecular complexity index is 226. The summed E-state index contributed by atoms with van der Waals surface area (Å²) in [5.74, 6) is 0. The van der Waals surface area contributed by atoms with Crippen molar-refractivity contribution in [3.8, 4) is 0 Å². The molecule has 2 rings (SSSR count). The Labute approximate surface area is 70.6 Å². The van der Waals surface area contributed by atoms with E-state index in [0.29, 0.717) is 0 Å². The average molecular weight is 168 g/mol. The van der Waals surface area contributed by atoms with Crippen molar-refractivity contribution in [3.05, 3.63) is 17.1 Å². The molecule has 1 heterocycles. The molecule has 0 radical (unpaired) electrons. The highest BCUT2D eigenvalue weighted by molar-refractivity contribution is 7.03. The van der Waals surface area contributed by atoms with Crippen molar-refractivity contribution in [2.45, 2.75) is 31.2 Å². The maximum atomic E-state index is 5.95. The van der Waals surface area contributed by atoms with Crippen LogP contribution in [0.25, 0.3) is 0 Å². The van der Waals surface area contributed by atoms with Crippen LogP contribution in [0.1, 0.15) is 24.8 Å². The molecule has 11 heavy (non-hydrogen) atoms. The molecule has 0 aliphatic heterocycles. The average Bonchev–Trinajstić information content (AvgIpc) is 2.53. The summed E-state index contributed by atoms with van der Waals surface area (Å²) >= 11 is 1.52. The molecule has 0 atom stereocenters. The van der Waals surface area contributed by atoms with Crippen LogP contribution in [0.2, 0.25) is 0 Å². The summed E-state index contributed by atoms with van der Waals surface area (Å²) in [5.41, 5.74) is 7.48. The lowest BCUT2D eigenvalue weighted by Gasteiger charge is -2.05. The second-order valence-corrected chi connectivity index (χ2v) is 4.05. The Kier molecular flexibility index (Phi) is 1.69. The van der Waals surface area contributed by atoms with Gasteiger partial charge in [-0.1, -0.05) is 0 Å². The third-order valence-corrected chi connectivity index (χ3v) is 2.92. The second-order valence-electron chi connectivity index (χ2n) is 3.40. The maximum Gasteiger partial charge on any atom is 0.0438 e. The maximum absolute atomic E-state index is 5.95.